The molecule has 6 heteroatoms. The second kappa shape index (κ2) is 12.5. The van der Waals surface area contributed by atoms with Crippen molar-refractivity contribution in [2.24, 2.45) is 10.2 Å². The van der Waals surface area contributed by atoms with E-state index < -0.39 is 29.3 Å². The molecule has 1 atom stereocenters. The van der Waals surface area contributed by atoms with Gasteiger partial charge in [0, 0.05) is 0 Å². The predicted octanol–water partition coefficient (Wildman–Crippen LogP) is 7.38. The number of hydrogen-bond acceptors (Lipinski definition) is 4. The molecule has 1 unspecified atom stereocenters. The zero-order valence-electron chi connectivity index (χ0n) is 21.1. The first-order valence-electron chi connectivity index (χ1n) is 13.1. The Kier molecular flexibility index (Phi) is 9.40. The molecule has 0 spiro atoms. The van der Waals surface area contributed by atoms with E-state index in [1.165, 1.54) is 57.4 Å². The maximum absolute atomic E-state index is 5.60. The van der Waals surface area contributed by atoms with Crippen molar-refractivity contribution < 1.29 is 9.47 Å². The van der Waals surface area contributed by atoms with Gasteiger partial charge in [-0.1, -0.05) is 0 Å². The number of thiol groups is 1. The van der Waals surface area contributed by atoms with Crippen LogP contribution in [0.5, 0.6) is 11.5 Å². The SMILES string of the molecule is CCC[CH2][Sn]([CH2]CCC)([CH2]CCC)[c]1cccc(C[SH]2C=NN=C2c2ccc3c(c2)OCO3)c1. The predicted molar refractivity (Wildman–Crippen MR) is 151 cm³/mol. The molecule has 0 bridgehead atoms. The summed E-state index contributed by atoms with van der Waals surface area (Å²) in [6, 6.07) is 15.9. The van der Waals surface area contributed by atoms with E-state index in [1.54, 1.807) is 3.58 Å². The van der Waals surface area contributed by atoms with Crippen LogP contribution in [-0.2, 0) is 5.75 Å². The molecule has 0 aliphatic carbocycles. The molecule has 0 saturated carbocycles. The van der Waals surface area contributed by atoms with Gasteiger partial charge in [0.2, 0.25) is 0 Å². The normalized spacial score (nSPS) is 17.9. The summed E-state index contributed by atoms with van der Waals surface area (Å²) in [6.07, 6.45) is 8.13. The number of benzene rings is 2. The van der Waals surface area contributed by atoms with Gasteiger partial charge in [0.05, 0.1) is 0 Å². The Hall–Kier alpha value is -1.47. The first kappa shape index (κ1) is 25.6. The minimum atomic E-state index is -2.43. The minimum absolute atomic E-state index is 0.297. The van der Waals surface area contributed by atoms with Crippen molar-refractivity contribution in [1.29, 1.82) is 0 Å². The van der Waals surface area contributed by atoms with Gasteiger partial charge in [-0.15, -0.1) is 0 Å². The fourth-order valence-electron chi connectivity index (χ4n) is 5.18. The van der Waals surface area contributed by atoms with Crippen LogP contribution in [0.1, 0.15) is 70.4 Å². The van der Waals surface area contributed by atoms with Crippen LogP contribution in [0.4, 0.5) is 0 Å². The molecular formula is C28H40N2O2SSn. The van der Waals surface area contributed by atoms with E-state index in [1.807, 2.05) is 6.07 Å². The molecule has 34 heavy (non-hydrogen) atoms. The summed E-state index contributed by atoms with van der Waals surface area (Å²) in [5, 5.41) is 9.97. The topological polar surface area (TPSA) is 43.2 Å². The Morgan fingerprint density at radius 3 is 2.26 bits per heavy atom. The van der Waals surface area contributed by atoms with E-state index in [9.17, 15) is 0 Å². The van der Waals surface area contributed by atoms with Crippen molar-refractivity contribution in [3.63, 3.8) is 0 Å². The summed E-state index contributed by atoms with van der Waals surface area (Å²) in [4.78, 5) is 0. The summed E-state index contributed by atoms with van der Waals surface area (Å²) < 4.78 is 17.4. The fraction of sp³-hybridized carbons (Fsp3) is 0.500. The van der Waals surface area contributed by atoms with Gasteiger partial charge < -0.3 is 0 Å². The van der Waals surface area contributed by atoms with Crippen LogP contribution < -0.4 is 13.1 Å². The number of rotatable bonds is 13. The quantitative estimate of drug-likeness (QED) is 0.196. The first-order chi connectivity index (χ1) is 16.7. The van der Waals surface area contributed by atoms with Gasteiger partial charge in [0.15, 0.2) is 0 Å². The standard InChI is InChI=1S/C16H13N2O2S.3C4H9.Sn/c1-2-4-12(5-3-1)9-21-10-17-18-16(21)13-6-7-14-15(8-13)20-11-19-14;3*1-3-4-2;/h1-2,4-8,10,21H,9,11H2;3*1,3-4H2,2H3;. The van der Waals surface area contributed by atoms with Crippen LogP contribution in [0, 0.1) is 0 Å². The van der Waals surface area contributed by atoms with Crippen molar-refractivity contribution in [3.8, 4) is 11.5 Å². The second-order valence-electron chi connectivity index (χ2n) is 9.64. The molecule has 4 rings (SSSR count). The van der Waals surface area contributed by atoms with Gasteiger partial charge in [-0.25, -0.2) is 0 Å². The van der Waals surface area contributed by atoms with Gasteiger partial charge in [-0.3, -0.25) is 0 Å². The third-order valence-corrected chi connectivity index (χ3v) is 24.8. The molecular weight excluding hydrogens is 547 g/mol. The molecule has 2 aliphatic rings. The Bertz CT molecular complexity index is 1000. The van der Waals surface area contributed by atoms with Crippen LogP contribution in [0.3, 0.4) is 0 Å². The van der Waals surface area contributed by atoms with Crippen LogP contribution in [0.15, 0.2) is 52.7 Å². The van der Waals surface area contributed by atoms with Crippen LogP contribution in [-0.4, -0.2) is 35.8 Å². The summed E-state index contributed by atoms with van der Waals surface area (Å²) >= 11 is -2.43. The molecule has 2 aliphatic heterocycles. The van der Waals surface area contributed by atoms with Crippen LogP contribution >= 0.6 is 10.9 Å². The molecule has 2 aromatic carbocycles. The van der Waals surface area contributed by atoms with Gasteiger partial charge in [0.1, 0.15) is 0 Å². The van der Waals surface area contributed by atoms with Gasteiger partial charge in [0.25, 0.3) is 0 Å². The molecule has 0 amide bonds. The second-order valence-corrected chi connectivity index (χ2v) is 24.8. The monoisotopic (exact) mass is 588 g/mol. The summed E-state index contributed by atoms with van der Waals surface area (Å²) in [7, 11) is -0.564. The molecule has 184 valence electrons. The van der Waals surface area contributed by atoms with Crippen molar-refractivity contribution in [2.45, 2.75) is 78.4 Å². The Balaban J connectivity index is 1.56. The maximum atomic E-state index is 5.60. The molecule has 0 aromatic heterocycles. The van der Waals surface area contributed by atoms with Crippen molar-refractivity contribution in [2.75, 3.05) is 6.79 Å². The zero-order chi connectivity index (χ0) is 23.8. The molecule has 0 N–H and O–H groups in total. The third-order valence-electron chi connectivity index (χ3n) is 7.17. The number of hydrogen-bond donors (Lipinski definition) is 1. The van der Waals surface area contributed by atoms with Crippen LogP contribution in [0.2, 0.25) is 13.3 Å². The third kappa shape index (κ3) is 6.01. The van der Waals surface area contributed by atoms with E-state index in [-0.39, 0.29) is 0 Å². The van der Waals surface area contributed by atoms with Gasteiger partial charge >= 0.3 is 213 Å². The van der Waals surface area contributed by atoms with E-state index in [0.717, 1.165) is 27.9 Å². The van der Waals surface area contributed by atoms with Crippen molar-refractivity contribution in [1.82, 2.24) is 0 Å². The summed E-state index contributed by atoms with van der Waals surface area (Å²) in [6.45, 7) is 7.36. The first-order valence-corrected chi connectivity index (χ1v) is 22.1. The molecule has 2 aromatic rings. The molecule has 2 heterocycles. The molecule has 0 saturated heterocycles. The Labute approximate surface area is 212 Å². The summed E-state index contributed by atoms with van der Waals surface area (Å²) in [5.74, 6) is 2.64. The summed E-state index contributed by atoms with van der Waals surface area (Å²) in [5.41, 5.74) is 4.63. The van der Waals surface area contributed by atoms with E-state index >= 15 is 0 Å². The molecule has 0 radical (unpaired) electrons. The fourth-order valence-corrected chi connectivity index (χ4v) is 23.0. The number of ether oxygens (including phenoxy) is 2. The van der Waals surface area contributed by atoms with Gasteiger partial charge in [-0.2, -0.15) is 0 Å². The Morgan fingerprint density at radius 2 is 1.56 bits per heavy atom. The number of fused-ring (bicyclic) bond motifs is 1. The van der Waals surface area contributed by atoms with Crippen molar-refractivity contribution >= 4 is 43.4 Å². The number of nitrogens with zero attached hydrogens (tertiary/aromatic N) is 2. The average molecular weight is 587 g/mol. The van der Waals surface area contributed by atoms with E-state index in [2.05, 4.69) is 72.9 Å². The van der Waals surface area contributed by atoms with Crippen LogP contribution in [0.25, 0.3) is 0 Å². The van der Waals surface area contributed by atoms with Gasteiger partial charge in [-0.05, 0) is 0 Å². The van der Waals surface area contributed by atoms with Crippen molar-refractivity contribution in [3.05, 3.63) is 53.6 Å². The zero-order valence-corrected chi connectivity index (χ0v) is 24.8. The van der Waals surface area contributed by atoms with E-state index in [4.69, 9.17) is 9.47 Å². The molecule has 4 nitrogen and oxygen atoms in total. The number of unbranched alkanes of at least 4 members (excludes halogenated alkanes) is 3. The Morgan fingerprint density at radius 1 is 0.853 bits per heavy atom. The van der Waals surface area contributed by atoms with E-state index in [0.29, 0.717) is 6.79 Å². The average Bonchev–Trinajstić information content (AvgIpc) is 3.53. The molecule has 0 fully saturated rings.